The largest absolute Gasteiger partial charge is 0.458 e. The fourth-order valence-electron chi connectivity index (χ4n) is 4.41. The number of ether oxygens (including phenoxy) is 1. The molecule has 2 amide bonds. The van der Waals surface area contributed by atoms with Crippen LogP contribution in [-0.2, 0) is 11.3 Å². The lowest BCUT2D eigenvalue weighted by atomic mass is 9.45. The second-order valence-corrected chi connectivity index (χ2v) is 7.81. The van der Waals surface area contributed by atoms with Crippen LogP contribution in [0.15, 0.2) is 24.3 Å². The number of hydrogen-bond acceptors (Lipinski definition) is 3. The smallest absolute Gasteiger partial charge is 0.338 e. The van der Waals surface area contributed by atoms with Crippen LogP contribution in [0.4, 0.5) is 4.79 Å². The highest BCUT2D eigenvalue weighted by Gasteiger charge is 2.57. The molecule has 4 rings (SSSR count). The van der Waals surface area contributed by atoms with E-state index >= 15 is 0 Å². The molecular weight excluding hydrogens is 304 g/mol. The number of nitrogens with two attached hydrogens (primary N) is 1. The lowest BCUT2D eigenvalue weighted by Gasteiger charge is -2.61. The van der Waals surface area contributed by atoms with Gasteiger partial charge in [0.25, 0.3) is 0 Å². The van der Waals surface area contributed by atoms with Crippen molar-refractivity contribution in [2.45, 2.75) is 46.3 Å². The molecular formula is C19H26N2O3. The Bertz CT molecular complexity index is 639. The summed E-state index contributed by atoms with van der Waals surface area (Å²) in [5.41, 5.74) is 6.86. The van der Waals surface area contributed by atoms with Gasteiger partial charge in [0.05, 0.1) is 5.56 Å². The first kappa shape index (κ1) is 16.8. The number of urea groups is 1. The normalized spacial score (nSPS) is 30.1. The van der Waals surface area contributed by atoms with Gasteiger partial charge in [-0.05, 0) is 53.7 Å². The van der Waals surface area contributed by atoms with Gasteiger partial charge in [0.1, 0.15) is 6.10 Å². The van der Waals surface area contributed by atoms with Gasteiger partial charge in [0.2, 0.25) is 0 Å². The molecule has 5 nitrogen and oxygen atoms in total. The topological polar surface area (TPSA) is 81.4 Å². The van der Waals surface area contributed by atoms with Crippen LogP contribution in [0.25, 0.3) is 0 Å². The van der Waals surface area contributed by atoms with Crippen molar-refractivity contribution in [2.24, 2.45) is 28.9 Å². The third-order valence-corrected chi connectivity index (χ3v) is 6.20. The SMILES string of the molecule is C[C@@H]1[C@H]2C[C@H](C[C@H]1OC(=O)c1ccc(CNC(N)=O)cc1)C2(C)C. The lowest BCUT2D eigenvalue weighted by Crippen LogP contribution is -2.57. The average Bonchev–Trinajstić information content (AvgIpc) is 2.54. The Hall–Kier alpha value is -2.04. The fraction of sp³-hybridized carbons (Fsp3) is 0.579. The fourth-order valence-corrected chi connectivity index (χ4v) is 4.41. The molecule has 3 aliphatic rings. The first-order valence-corrected chi connectivity index (χ1v) is 8.62. The first-order valence-electron chi connectivity index (χ1n) is 8.62. The van der Waals surface area contributed by atoms with E-state index in [9.17, 15) is 9.59 Å². The van der Waals surface area contributed by atoms with Crippen LogP contribution in [0.2, 0.25) is 0 Å². The summed E-state index contributed by atoms with van der Waals surface area (Å²) in [5.74, 6) is 1.46. The molecule has 0 saturated heterocycles. The molecule has 3 aliphatic carbocycles. The molecule has 3 fully saturated rings. The maximum Gasteiger partial charge on any atom is 0.338 e. The summed E-state index contributed by atoms with van der Waals surface area (Å²) < 4.78 is 5.79. The molecule has 0 aromatic heterocycles. The number of carbonyl (C=O) groups is 2. The van der Waals surface area contributed by atoms with Crippen molar-refractivity contribution < 1.29 is 14.3 Å². The van der Waals surface area contributed by atoms with Crippen molar-refractivity contribution in [1.82, 2.24) is 5.32 Å². The van der Waals surface area contributed by atoms with Crippen LogP contribution < -0.4 is 11.1 Å². The summed E-state index contributed by atoms with van der Waals surface area (Å²) in [6.07, 6.45) is 2.26. The molecule has 5 heteroatoms. The van der Waals surface area contributed by atoms with Crippen molar-refractivity contribution in [3.05, 3.63) is 35.4 Å². The van der Waals surface area contributed by atoms with Gasteiger partial charge in [-0.3, -0.25) is 0 Å². The van der Waals surface area contributed by atoms with Crippen molar-refractivity contribution in [3.8, 4) is 0 Å². The quantitative estimate of drug-likeness (QED) is 0.832. The minimum atomic E-state index is -0.564. The first-order chi connectivity index (χ1) is 11.3. The molecule has 0 spiro atoms. The number of benzene rings is 1. The molecule has 3 saturated carbocycles. The molecule has 1 aromatic carbocycles. The average molecular weight is 330 g/mol. The number of esters is 1. The molecule has 3 N–H and O–H groups in total. The van der Waals surface area contributed by atoms with E-state index in [0.717, 1.165) is 12.0 Å². The van der Waals surface area contributed by atoms with E-state index in [1.807, 2.05) is 0 Å². The molecule has 2 bridgehead atoms. The molecule has 0 aliphatic heterocycles. The van der Waals surface area contributed by atoms with Gasteiger partial charge in [-0.25, -0.2) is 9.59 Å². The number of fused-ring (bicyclic) bond motifs is 2. The van der Waals surface area contributed by atoms with E-state index in [-0.39, 0.29) is 12.1 Å². The Morgan fingerprint density at radius 2 is 1.92 bits per heavy atom. The highest BCUT2D eigenvalue weighted by molar-refractivity contribution is 5.89. The van der Waals surface area contributed by atoms with Crippen molar-refractivity contribution in [3.63, 3.8) is 0 Å². The van der Waals surface area contributed by atoms with Gasteiger partial charge in [0.15, 0.2) is 0 Å². The van der Waals surface area contributed by atoms with E-state index in [0.29, 0.717) is 35.3 Å². The standard InChI is InChI=1S/C19H26N2O3/c1-11-15-8-14(19(15,2)3)9-16(11)24-17(22)13-6-4-12(5-7-13)10-21-18(20)23/h4-7,11,14-16H,8-10H2,1-3H3,(H3,20,21,23)/t11-,14-,15-,16-/m1/s1. The van der Waals surface area contributed by atoms with Crippen molar-refractivity contribution in [2.75, 3.05) is 0 Å². The second-order valence-electron chi connectivity index (χ2n) is 7.81. The second kappa shape index (κ2) is 6.11. The van der Waals surface area contributed by atoms with E-state index in [2.05, 4.69) is 26.1 Å². The number of rotatable bonds is 4. The highest BCUT2D eigenvalue weighted by atomic mass is 16.5. The summed E-state index contributed by atoms with van der Waals surface area (Å²) in [4.78, 5) is 23.1. The van der Waals surface area contributed by atoms with Crippen LogP contribution in [0, 0.1) is 23.2 Å². The molecule has 130 valence electrons. The minimum Gasteiger partial charge on any atom is -0.458 e. The third kappa shape index (κ3) is 2.99. The van der Waals surface area contributed by atoms with Gasteiger partial charge in [-0.2, -0.15) is 0 Å². The zero-order chi connectivity index (χ0) is 17.5. The van der Waals surface area contributed by atoms with Gasteiger partial charge in [-0.15, -0.1) is 0 Å². The lowest BCUT2D eigenvalue weighted by molar-refractivity contribution is -0.156. The number of amides is 2. The van der Waals surface area contributed by atoms with Crippen LogP contribution in [-0.4, -0.2) is 18.1 Å². The van der Waals surface area contributed by atoms with Crippen molar-refractivity contribution in [1.29, 1.82) is 0 Å². The highest BCUT2D eigenvalue weighted by Crippen LogP contribution is 2.61. The third-order valence-electron chi connectivity index (χ3n) is 6.20. The Morgan fingerprint density at radius 3 is 2.46 bits per heavy atom. The van der Waals surface area contributed by atoms with Crippen LogP contribution in [0.3, 0.4) is 0 Å². The van der Waals surface area contributed by atoms with Gasteiger partial charge >= 0.3 is 12.0 Å². The molecule has 0 unspecified atom stereocenters. The monoisotopic (exact) mass is 330 g/mol. The van der Waals surface area contributed by atoms with Gasteiger partial charge in [0, 0.05) is 6.54 Å². The predicted molar refractivity (Wildman–Crippen MR) is 91.2 cm³/mol. The maximum atomic E-state index is 12.4. The summed E-state index contributed by atoms with van der Waals surface area (Å²) in [7, 11) is 0. The summed E-state index contributed by atoms with van der Waals surface area (Å²) in [5, 5.41) is 2.52. The van der Waals surface area contributed by atoms with E-state index in [1.54, 1.807) is 24.3 Å². The number of nitrogens with one attached hydrogen (secondary N) is 1. The van der Waals surface area contributed by atoms with E-state index < -0.39 is 6.03 Å². The summed E-state index contributed by atoms with van der Waals surface area (Å²) in [6.45, 7) is 7.22. The molecule has 1 aromatic rings. The summed E-state index contributed by atoms with van der Waals surface area (Å²) >= 11 is 0. The maximum absolute atomic E-state index is 12.4. The minimum absolute atomic E-state index is 0.0190. The molecule has 24 heavy (non-hydrogen) atoms. The van der Waals surface area contributed by atoms with E-state index in [1.165, 1.54) is 6.42 Å². The molecule has 4 atom stereocenters. The summed E-state index contributed by atoms with van der Waals surface area (Å²) in [6, 6.07) is 6.51. The Morgan fingerprint density at radius 1 is 1.25 bits per heavy atom. The number of hydrogen-bond donors (Lipinski definition) is 2. The van der Waals surface area contributed by atoms with Crippen LogP contribution >= 0.6 is 0 Å². The zero-order valence-electron chi connectivity index (χ0n) is 14.5. The van der Waals surface area contributed by atoms with Crippen molar-refractivity contribution >= 4 is 12.0 Å². The zero-order valence-corrected chi connectivity index (χ0v) is 14.5. The predicted octanol–water partition coefficient (Wildman–Crippen LogP) is 3.08. The van der Waals surface area contributed by atoms with Crippen LogP contribution in [0.5, 0.6) is 0 Å². The van der Waals surface area contributed by atoms with E-state index in [4.69, 9.17) is 10.5 Å². The Kier molecular flexibility index (Phi) is 4.28. The Labute approximate surface area is 142 Å². The van der Waals surface area contributed by atoms with Gasteiger partial charge in [-0.1, -0.05) is 32.9 Å². The van der Waals surface area contributed by atoms with Gasteiger partial charge < -0.3 is 15.8 Å². The molecule has 0 radical (unpaired) electrons. The number of carbonyl (C=O) groups excluding carboxylic acids is 2. The number of primary amides is 1. The Balaban J connectivity index is 1.58. The molecule has 0 heterocycles. The van der Waals surface area contributed by atoms with Crippen LogP contribution in [0.1, 0.15) is 49.5 Å².